The second-order valence-corrected chi connectivity index (χ2v) is 5.28. The van der Waals surface area contributed by atoms with Gasteiger partial charge in [0.25, 0.3) is 5.91 Å². The molecule has 102 valence electrons. The van der Waals surface area contributed by atoms with Crippen molar-refractivity contribution >= 4 is 17.7 Å². The highest BCUT2D eigenvalue weighted by atomic mass is 32.2. The van der Waals surface area contributed by atoms with Crippen molar-refractivity contribution in [3.63, 3.8) is 0 Å². The number of aryl methyl sites for hydroxylation is 2. The fourth-order valence-corrected chi connectivity index (χ4v) is 2.11. The molecule has 0 unspecified atom stereocenters. The van der Waals surface area contributed by atoms with Gasteiger partial charge in [0.05, 0.1) is 12.2 Å². The number of aliphatic hydroxyl groups is 1. The first-order valence-corrected chi connectivity index (χ1v) is 7.20. The molecule has 1 heterocycles. The van der Waals surface area contributed by atoms with E-state index in [1.165, 1.54) is 4.90 Å². The summed E-state index contributed by atoms with van der Waals surface area (Å²) in [5.74, 6) is 1.22. The summed E-state index contributed by atoms with van der Waals surface area (Å²) in [5.41, 5.74) is 1.69. The van der Waals surface area contributed by atoms with E-state index in [9.17, 15) is 9.90 Å². The van der Waals surface area contributed by atoms with Gasteiger partial charge in [-0.15, -0.1) is 0 Å². The van der Waals surface area contributed by atoms with Gasteiger partial charge in [-0.3, -0.25) is 4.79 Å². The SMILES string of the molecule is CSCC[C@@H](O)C(=O)N(C)Cc1c(C)noc1C. The highest BCUT2D eigenvalue weighted by Gasteiger charge is 2.21. The number of aromatic nitrogens is 1. The van der Waals surface area contributed by atoms with E-state index in [0.29, 0.717) is 18.7 Å². The molecule has 0 saturated heterocycles. The van der Waals surface area contributed by atoms with Crippen molar-refractivity contribution in [2.24, 2.45) is 0 Å². The summed E-state index contributed by atoms with van der Waals surface area (Å²) < 4.78 is 5.05. The van der Waals surface area contributed by atoms with Gasteiger partial charge < -0.3 is 14.5 Å². The molecule has 1 aromatic heterocycles. The Labute approximate surface area is 112 Å². The van der Waals surface area contributed by atoms with Gasteiger partial charge in [0, 0.05) is 12.6 Å². The van der Waals surface area contributed by atoms with Gasteiger partial charge in [-0.2, -0.15) is 11.8 Å². The monoisotopic (exact) mass is 272 g/mol. The van der Waals surface area contributed by atoms with Crippen LogP contribution < -0.4 is 0 Å². The Kier molecular flexibility index (Phi) is 5.68. The molecule has 6 heteroatoms. The van der Waals surface area contributed by atoms with Crippen LogP contribution in [0.15, 0.2) is 4.52 Å². The van der Waals surface area contributed by atoms with Crippen LogP contribution in [0.25, 0.3) is 0 Å². The largest absolute Gasteiger partial charge is 0.383 e. The number of aliphatic hydroxyl groups excluding tert-OH is 1. The lowest BCUT2D eigenvalue weighted by Gasteiger charge is -2.20. The molecule has 1 amide bonds. The zero-order chi connectivity index (χ0) is 13.7. The molecule has 0 spiro atoms. The minimum Gasteiger partial charge on any atom is -0.383 e. The predicted octanol–water partition coefficient (Wildman–Crippen LogP) is 1.36. The summed E-state index contributed by atoms with van der Waals surface area (Å²) in [7, 11) is 1.68. The van der Waals surface area contributed by atoms with E-state index in [1.54, 1.807) is 18.8 Å². The maximum atomic E-state index is 11.9. The molecule has 0 bridgehead atoms. The van der Waals surface area contributed by atoms with Crippen LogP contribution >= 0.6 is 11.8 Å². The normalized spacial score (nSPS) is 12.5. The molecule has 1 aromatic rings. The Morgan fingerprint density at radius 1 is 1.56 bits per heavy atom. The number of hydrogen-bond donors (Lipinski definition) is 1. The number of carbonyl (C=O) groups is 1. The van der Waals surface area contributed by atoms with Crippen molar-refractivity contribution in [2.45, 2.75) is 32.9 Å². The number of hydrogen-bond acceptors (Lipinski definition) is 5. The lowest BCUT2D eigenvalue weighted by molar-refractivity contribution is -0.139. The first-order chi connectivity index (χ1) is 8.47. The third-order valence-electron chi connectivity index (χ3n) is 2.83. The Bertz CT molecular complexity index is 387. The van der Waals surface area contributed by atoms with Gasteiger partial charge in [0.2, 0.25) is 0 Å². The smallest absolute Gasteiger partial charge is 0.251 e. The summed E-state index contributed by atoms with van der Waals surface area (Å²) in [6, 6.07) is 0. The molecule has 1 rings (SSSR count). The number of thioether (sulfide) groups is 1. The lowest BCUT2D eigenvalue weighted by atomic mass is 10.2. The molecule has 0 aliphatic heterocycles. The van der Waals surface area contributed by atoms with Crippen LogP contribution in [0.5, 0.6) is 0 Å². The lowest BCUT2D eigenvalue weighted by Crippen LogP contribution is -2.36. The molecule has 18 heavy (non-hydrogen) atoms. The highest BCUT2D eigenvalue weighted by molar-refractivity contribution is 7.98. The maximum Gasteiger partial charge on any atom is 0.251 e. The van der Waals surface area contributed by atoms with Gasteiger partial charge in [-0.1, -0.05) is 5.16 Å². The minimum atomic E-state index is -0.928. The zero-order valence-corrected chi connectivity index (χ0v) is 12.1. The predicted molar refractivity (Wildman–Crippen MR) is 71.5 cm³/mol. The summed E-state index contributed by atoms with van der Waals surface area (Å²) in [5, 5.41) is 13.6. The van der Waals surface area contributed by atoms with E-state index >= 15 is 0 Å². The van der Waals surface area contributed by atoms with Crippen molar-refractivity contribution < 1.29 is 14.4 Å². The quantitative estimate of drug-likeness (QED) is 0.847. The zero-order valence-electron chi connectivity index (χ0n) is 11.3. The fourth-order valence-electron chi connectivity index (χ4n) is 1.65. The minimum absolute atomic E-state index is 0.260. The standard InChI is InChI=1S/C12H20N2O3S/c1-8-10(9(2)17-13-8)7-14(3)12(16)11(15)5-6-18-4/h11,15H,5-7H2,1-4H3/t11-/m1/s1. The average Bonchev–Trinajstić information content (AvgIpc) is 2.66. The molecular weight excluding hydrogens is 252 g/mol. The number of nitrogens with zero attached hydrogens (tertiary/aromatic N) is 2. The molecule has 1 atom stereocenters. The van der Waals surface area contributed by atoms with Gasteiger partial charge in [-0.05, 0) is 32.3 Å². The van der Waals surface area contributed by atoms with E-state index in [2.05, 4.69) is 5.16 Å². The first-order valence-electron chi connectivity index (χ1n) is 5.81. The average molecular weight is 272 g/mol. The van der Waals surface area contributed by atoms with Crippen LogP contribution in [0.2, 0.25) is 0 Å². The first kappa shape index (κ1) is 15.0. The second kappa shape index (κ2) is 6.80. The van der Waals surface area contributed by atoms with E-state index in [0.717, 1.165) is 17.0 Å². The third-order valence-corrected chi connectivity index (χ3v) is 3.48. The molecule has 1 N–H and O–H groups in total. The third kappa shape index (κ3) is 3.74. The number of amides is 1. The van der Waals surface area contributed by atoms with Crippen LogP contribution in [-0.2, 0) is 11.3 Å². The van der Waals surface area contributed by atoms with E-state index in [-0.39, 0.29) is 5.91 Å². The Balaban J connectivity index is 2.60. The van der Waals surface area contributed by atoms with E-state index < -0.39 is 6.10 Å². The van der Waals surface area contributed by atoms with Crippen LogP contribution in [0.3, 0.4) is 0 Å². The maximum absolute atomic E-state index is 11.9. The highest BCUT2D eigenvalue weighted by Crippen LogP contribution is 2.15. The van der Waals surface area contributed by atoms with Crippen molar-refractivity contribution in [1.29, 1.82) is 0 Å². The van der Waals surface area contributed by atoms with E-state index in [4.69, 9.17) is 4.52 Å². The van der Waals surface area contributed by atoms with Crippen LogP contribution in [0, 0.1) is 13.8 Å². The summed E-state index contributed by atoms with van der Waals surface area (Å²) in [4.78, 5) is 13.4. The van der Waals surface area contributed by atoms with Crippen molar-refractivity contribution in [3.05, 3.63) is 17.0 Å². The molecule has 0 fully saturated rings. The fraction of sp³-hybridized carbons (Fsp3) is 0.667. The van der Waals surface area contributed by atoms with Gasteiger partial charge in [0.1, 0.15) is 11.9 Å². The van der Waals surface area contributed by atoms with Gasteiger partial charge in [0.15, 0.2) is 0 Å². The van der Waals surface area contributed by atoms with Crippen LogP contribution in [-0.4, -0.2) is 46.2 Å². The van der Waals surface area contributed by atoms with Crippen LogP contribution in [0.1, 0.15) is 23.4 Å². The second-order valence-electron chi connectivity index (χ2n) is 4.29. The summed E-state index contributed by atoms with van der Waals surface area (Å²) >= 11 is 1.61. The van der Waals surface area contributed by atoms with Gasteiger partial charge in [-0.25, -0.2) is 0 Å². The number of rotatable bonds is 6. The molecular formula is C12H20N2O3S. The van der Waals surface area contributed by atoms with Crippen LogP contribution in [0.4, 0.5) is 0 Å². The molecule has 0 saturated carbocycles. The molecule has 0 aromatic carbocycles. The number of likely N-dealkylation sites (N-methyl/N-ethyl adjacent to an activating group) is 1. The van der Waals surface area contributed by atoms with Crippen molar-refractivity contribution in [3.8, 4) is 0 Å². The topological polar surface area (TPSA) is 66.6 Å². The number of carbonyl (C=O) groups excluding carboxylic acids is 1. The Morgan fingerprint density at radius 3 is 2.72 bits per heavy atom. The summed E-state index contributed by atoms with van der Waals surface area (Å²) in [6.07, 6.45) is 1.50. The van der Waals surface area contributed by atoms with Crippen molar-refractivity contribution in [2.75, 3.05) is 19.1 Å². The Morgan fingerprint density at radius 2 is 2.22 bits per heavy atom. The molecule has 0 aliphatic carbocycles. The molecule has 0 radical (unpaired) electrons. The molecule has 0 aliphatic rings. The molecule has 5 nitrogen and oxygen atoms in total. The Hall–Kier alpha value is -1.01. The van der Waals surface area contributed by atoms with Crippen molar-refractivity contribution in [1.82, 2.24) is 10.1 Å². The summed E-state index contributed by atoms with van der Waals surface area (Å²) in [6.45, 7) is 4.07. The van der Waals surface area contributed by atoms with Gasteiger partial charge >= 0.3 is 0 Å². The van der Waals surface area contributed by atoms with E-state index in [1.807, 2.05) is 20.1 Å².